The molecular formula is C19H26N4. The molecule has 0 radical (unpaired) electrons. The number of para-hydroxylation sites is 1. The standard InChI is InChI=1S/C19H26N4/c1-19(2,3)15-10-6-7-11-16(15)22-18-20-13-12-17(23-18)21-14-8-4-5-9-14/h6-7,10-14H,4-5,8-9H2,1-3H3,(H2,20,21,22,23). The monoisotopic (exact) mass is 310 g/mol. The first-order chi connectivity index (χ1) is 11.0. The van der Waals surface area contributed by atoms with Gasteiger partial charge in [-0.3, -0.25) is 0 Å². The molecular weight excluding hydrogens is 284 g/mol. The Morgan fingerprint density at radius 3 is 2.52 bits per heavy atom. The van der Waals surface area contributed by atoms with Gasteiger partial charge in [0.05, 0.1) is 0 Å². The molecule has 122 valence electrons. The Balaban J connectivity index is 1.78. The van der Waals surface area contributed by atoms with Crippen LogP contribution >= 0.6 is 0 Å². The quantitative estimate of drug-likeness (QED) is 0.845. The lowest BCUT2D eigenvalue weighted by atomic mass is 9.86. The number of aromatic nitrogens is 2. The van der Waals surface area contributed by atoms with Crippen LogP contribution in [0.25, 0.3) is 0 Å². The summed E-state index contributed by atoms with van der Waals surface area (Å²) in [5.74, 6) is 1.55. The Labute approximate surface area is 138 Å². The van der Waals surface area contributed by atoms with Crippen molar-refractivity contribution in [1.82, 2.24) is 9.97 Å². The lowest BCUT2D eigenvalue weighted by Gasteiger charge is -2.23. The minimum atomic E-state index is 0.0727. The van der Waals surface area contributed by atoms with Crippen molar-refractivity contribution in [2.75, 3.05) is 10.6 Å². The third-order valence-corrected chi connectivity index (χ3v) is 4.34. The van der Waals surface area contributed by atoms with Crippen LogP contribution in [-0.2, 0) is 5.41 Å². The summed E-state index contributed by atoms with van der Waals surface area (Å²) in [5, 5.41) is 6.90. The van der Waals surface area contributed by atoms with Gasteiger partial charge in [-0.25, -0.2) is 4.98 Å². The van der Waals surface area contributed by atoms with Crippen molar-refractivity contribution in [3.63, 3.8) is 0 Å². The molecule has 1 fully saturated rings. The first-order valence-electron chi connectivity index (χ1n) is 8.48. The molecule has 23 heavy (non-hydrogen) atoms. The highest BCUT2D eigenvalue weighted by Gasteiger charge is 2.18. The van der Waals surface area contributed by atoms with Crippen LogP contribution in [0.4, 0.5) is 17.5 Å². The van der Waals surface area contributed by atoms with Crippen LogP contribution < -0.4 is 10.6 Å². The molecule has 0 saturated heterocycles. The predicted molar refractivity (Wildman–Crippen MR) is 96.3 cm³/mol. The minimum absolute atomic E-state index is 0.0727. The number of benzene rings is 1. The van der Waals surface area contributed by atoms with Gasteiger partial charge in [0.25, 0.3) is 0 Å². The first-order valence-corrected chi connectivity index (χ1v) is 8.48. The molecule has 4 nitrogen and oxygen atoms in total. The van der Waals surface area contributed by atoms with Gasteiger partial charge in [-0.05, 0) is 36.0 Å². The lowest BCUT2D eigenvalue weighted by molar-refractivity contribution is 0.592. The van der Waals surface area contributed by atoms with Crippen LogP contribution in [0.15, 0.2) is 36.5 Å². The fourth-order valence-electron chi connectivity index (χ4n) is 3.15. The number of anilines is 3. The molecule has 1 aliphatic carbocycles. The largest absolute Gasteiger partial charge is 0.367 e. The van der Waals surface area contributed by atoms with Gasteiger partial charge >= 0.3 is 0 Å². The van der Waals surface area contributed by atoms with Gasteiger partial charge in [-0.15, -0.1) is 0 Å². The average molecular weight is 310 g/mol. The maximum absolute atomic E-state index is 4.62. The first kappa shape index (κ1) is 15.8. The zero-order chi connectivity index (χ0) is 16.3. The summed E-state index contributed by atoms with van der Waals surface area (Å²) in [6.45, 7) is 6.64. The van der Waals surface area contributed by atoms with Gasteiger partial charge in [0, 0.05) is 17.9 Å². The molecule has 1 aromatic carbocycles. The summed E-state index contributed by atoms with van der Waals surface area (Å²) in [4.78, 5) is 8.99. The molecule has 2 aromatic rings. The normalized spacial score (nSPS) is 15.6. The maximum Gasteiger partial charge on any atom is 0.229 e. The van der Waals surface area contributed by atoms with Gasteiger partial charge < -0.3 is 10.6 Å². The van der Waals surface area contributed by atoms with E-state index in [2.05, 4.69) is 59.6 Å². The highest BCUT2D eigenvalue weighted by Crippen LogP contribution is 2.30. The molecule has 0 spiro atoms. The number of rotatable bonds is 4. The van der Waals surface area contributed by atoms with Crippen molar-refractivity contribution in [3.8, 4) is 0 Å². The zero-order valence-electron chi connectivity index (χ0n) is 14.3. The molecule has 2 N–H and O–H groups in total. The summed E-state index contributed by atoms with van der Waals surface area (Å²) in [7, 11) is 0. The Bertz CT molecular complexity index is 654. The predicted octanol–water partition coefficient (Wildman–Crippen LogP) is 4.87. The molecule has 1 saturated carbocycles. The van der Waals surface area contributed by atoms with Crippen LogP contribution in [0.1, 0.15) is 52.0 Å². The van der Waals surface area contributed by atoms with E-state index in [0.29, 0.717) is 12.0 Å². The molecule has 1 heterocycles. The van der Waals surface area contributed by atoms with Gasteiger partial charge in [0.2, 0.25) is 5.95 Å². The van der Waals surface area contributed by atoms with E-state index in [-0.39, 0.29) is 5.41 Å². The van der Waals surface area contributed by atoms with Gasteiger partial charge in [-0.1, -0.05) is 51.8 Å². The van der Waals surface area contributed by atoms with E-state index in [1.807, 2.05) is 18.3 Å². The van der Waals surface area contributed by atoms with Crippen LogP contribution in [0, 0.1) is 0 Å². The lowest BCUT2D eigenvalue weighted by Crippen LogP contribution is -2.16. The van der Waals surface area contributed by atoms with E-state index in [9.17, 15) is 0 Å². The summed E-state index contributed by atoms with van der Waals surface area (Å²) >= 11 is 0. The van der Waals surface area contributed by atoms with Crippen molar-refractivity contribution in [3.05, 3.63) is 42.1 Å². The Kier molecular flexibility index (Phi) is 4.51. The highest BCUT2D eigenvalue weighted by molar-refractivity contribution is 5.61. The van der Waals surface area contributed by atoms with Crippen LogP contribution in [0.3, 0.4) is 0 Å². The van der Waals surface area contributed by atoms with E-state index in [0.717, 1.165) is 11.5 Å². The minimum Gasteiger partial charge on any atom is -0.367 e. The molecule has 0 aliphatic heterocycles. The topological polar surface area (TPSA) is 49.8 Å². The molecule has 0 atom stereocenters. The fourth-order valence-corrected chi connectivity index (χ4v) is 3.15. The maximum atomic E-state index is 4.62. The molecule has 0 amide bonds. The van der Waals surface area contributed by atoms with Crippen molar-refractivity contribution >= 4 is 17.5 Å². The second kappa shape index (κ2) is 6.57. The third kappa shape index (κ3) is 4.01. The average Bonchev–Trinajstić information content (AvgIpc) is 3.00. The summed E-state index contributed by atoms with van der Waals surface area (Å²) in [6, 6.07) is 10.9. The van der Waals surface area contributed by atoms with E-state index in [1.165, 1.54) is 31.2 Å². The number of hydrogen-bond donors (Lipinski definition) is 2. The molecule has 4 heteroatoms. The van der Waals surface area contributed by atoms with Crippen LogP contribution in [-0.4, -0.2) is 16.0 Å². The number of nitrogens with one attached hydrogen (secondary N) is 2. The molecule has 1 aromatic heterocycles. The smallest absolute Gasteiger partial charge is 0.229 e. The fraction of sp³-hybridized carbons (Fsp3) is 0.474. The van der Waals surface area contributed by atoms with Crippen molar-refractivity contribution < 1.29 is 0 Å². The van der Waals surface area contributed by atoms with Gasteiger partial charge in [0.15, 0.2) is 0 Å². The summed E-state index contributed by atoms with van der Waals surface area (Å²) in [6.07, 6.45) is 6.91. The molecule has 0 unspecified atom stereocenters. The molecule has 1 aliphatic rings. The van der Waals surface area contributed by atoms with Gasteiger partial charge in [-0.2, -0.15) is 4.98 Å². The third-order valence-electron chi connectivity index (χ3n) is 4.34. The Morgan fingerprint density at radius 1 is 1.04 bits per heavy atom. The summed E-state index contributed by atoms with van der Waals surface area (Å²) < 4.78 is 0. The van der Waals surface area contributed by atoms with E-state index in [4.69, 9.17) is 0 Å². The number of hydrogen-bond acceptors (Lipinski definition) is 4. The van der Waals surface area contributed by atoms with E-state index >= 15 is 0 Å². The SMILES string of the molecule is CC(C)(C)c1ccccc1Nc1nccc(NC2CCCC2)n1. The number of nitrogens with zero attached hydrogens (tertiary/aromatic N) is 2. The summed E-state index contributed by atoms with van der Waals surface area (Å²) in [5.41, 5.74) is 2.40. The second-order valence-electron chi connectivity index (χ2n) is 7.31. The Hall–Kier alpha value is -2.10. The van der Waals surface area contributed by atoms with Crippen LogP contribution in [0.2, 0.25) is 0 Å². The zero-order valence-corrected chi connectivity index (χ0v) is 14.3. The van der Waals surface area contributed by atoms with Crippen molar-refractivity contribution in [1.29, 1.82) is 0 Å². The second-order valence-corrected chi connectivity index (χ2v) is 7.31. The Morgan fingerprint density at radius 2 is 1.78 bits per heavy atom. The van der Waals surface area contributed by atoms with Crippen molar-refractivity contribution in [2.45, 2.75) is 57.9 Å². The van der Waals surface area contributed by atoms with Gasteiger partial charge in [0.1, 0.15) is 5.82 Å². The molecule has 3 rings (SSSR count). The van der Waals surface area contributed by atoms with E-state index in [1.54, 1.807) is 0 Å². The van der Waals surface area contributed by atoms with Crippen molar-refractivity contribution in [2.24, 2.45) is 0 Å². The van der Waals surface area contributed by atoms with Crippen LogP contribution in [0.5, 0.6) is 0 Å². The molecule has 0 bridgehead atoms. The highest BCUT2D eigenvalue weighted by atomic mass is 15.1. The van der Waals surface area contributed by atoms with E-state index < -0.39 is 0 Å².